The Bertz CT molecular complexity index is 586. The number of carbonyl (C=O) groups excluding carboxylic acids is 2. The first-order valence-corrected chi connectivity index (χ1v) is 8.61. The fourth-order valence-corrected chi connectivity index (χ4v) is 3.08. The number of ketones is 1. The lowest BCUT2D eigenvalue weighted by Gasteiger charge is -2.31. The zero-order valence-corrected chi connectivity index (χ0v) is 14.2. The van der Waals surface area contributed by atoms with Crippen LogP contribution in [0.2, 0.25) is 0 Å². The molecule has 130 valence electrons. The number of nitrogens with zero attached hydrogens (tertiary/aromatic N) is 1. The molecule has 0 radical (unpaired) electrons. The highest BCUT2D eigenvalue weighted by molar-refractivity contribution is 5.98. The minimum atomic E-state index is -0.778. The fraction of sp³-hybridized carbons (Fsp3) is 0.526. The molecular formula is C19H25NO4. The number of piperidine rings is 1. The van der Waals surface area contributed by atoms with Gasteiger partial charge in [0.15, 0.2) is 5.78 Å². The number of hydrogen-bond donors (Lipinski definition) is 1. The number of carboxylic acids is 1. The Hall–Kier alpha value is -2.17. The third kappa shape index (κ3) is 5.18. The highest BCUT2D eigenvalue weighted by Gasteiger charge is 2.24. The fourth-order valence-electron chi connectivity index (χ4n) is 3.08. The van der Waals surface area contributed by atoms with Crippen LogP contribution in [0.25, 0.3) is 0 Å². The molecule has 0 aliphatic carbocycles. The molecular weight excluding hydrogens is 306 g/mol. The van der Waals surface area contributed by atoms with Crippen LogP contribution in [0.5, 0.6) is 0 Å². The summed E-state index contributed by atoms with van der Waals surface area (Å²) in [6.45, 7) is 3.25. The summed E-state index contributed by atoms with van der Waals surface area (Å²) in [6.07, 6.45) is 3.01. The molecule has 0 spiro atoms. The lowest BCUT2D eigenvalue weighted by Crippen LogP contribution is -2.39. The van der Waals surface area contributed by atoms with Crippen LogP contribution < -0.4 is 0 Å². The highest BCUT2D eigenvalue weighted by atomic mass is 16.4. The summed E-state index contributed by atoms with van der Waals surface area (Å²) in [5.74, 6) is -0.640. The molecule has 1 aromatic rings. The van der Waals surface area contributed by atoms with Crippen LogP contribution in [0.15, 0.2) is 24.3 Å². The van der Waals surface area contributed by atoms with E-state index in [0.29, 0.717) is 18.7 Å². The number of Topliss-reactive ketones (excluding diaryl/α,β-unsaturated/α-hetero) is 1. The van der Waals surface area contributed by atoms with Crippen molar-refractivity contribution in [3.8, 4) is 0 Å². The standard InChI is InChI=1S/C19H25NO4/c1-2-14-3-5-16(6-4-14)17(21)7-8-18(22)20-11-9-15(10-12-20)13-19(23)24/h3-6,15H,2,7-13H2,1H3,(H,23,24). The summed E-state index contributed by atoms with van der Waals surface area (Å²) in [5, 5.41) is 8.81. The SMILES string of the molecule is CCc1ccc(C(=O)CCC(=O)N2CCC(CC(=O)O)CC2)cc1. The minimum absolute atomic E-state index is 0.00762. The summed E-state index contributed by atoms with van der Waals surface area (Å²) < 4.78 is 0. The molecule has 0 unspecified atom stereocenters. The summed E-state index contributed by atoms with van der Waals surface area (Å²) >= 11 is 0. The Kier molecular flexibility index (Phi) is 6.53. The van der Waals surface area contributed by atoms with Gasteiger partial charge in [0.1, 0.15) is 0 Å². The van der Waals surface area contributed by atoms with E-state index in [-0.39, 0.29) is 36.9 Å². The third-order valence-corrected chi connectivity index (χ3v) is 4.68. The average Bonchev–Trinajstić information content (AvgIpc) is 2.59. The van der Waals surface area contributed by atoms with Crippen molar-refractivity contribution in [3.05, 3.63) is 35.4 Å². The van der Waals surface area contributed by atoms with Crippen molar-refractivity contribution >= 4 is 17.7 Å². The van der Waals surface area contributed by atoms with E-state index in [4.69, 9.17) is 5.11 Å². The van der Waals surface area contributed by atoms with E-state index in [1.165, 1.54) is 5.56 Å². The molecule has 1 aromatic carbocycles. The lowest BCUT2D eigenvalue weighted by atomic mass is 9.93. The van der Waals surface area contributed by atoms with Crippen LogP contribution in [0.4, 0.5) is 0 Å². The van der Waals surface area contributed by atoms with Crippen LogP contribution in [-0.4, -0.2) is 40.8 Å². The molecule has 1 amide bonds. The third-order valence-electron chi connectivity index (χ3n) is 4.68. The van der Waals surface area contributed by atoms with E-state index < -0.39 is 5.97 Å². The normalized spacial score (nSPS) is 15.3. The largest absolute Gasteiger partial charge is 0.481 e. The van der Waals surface area contributed by atoms with Gasteiger partial charge in [0.2, 0.25) is 5.91 Å². The van der Waals surface area contributed by atoms with Crippen molar-refractivity contribution in [2.45, 2.75) is 45.4 Å². The molecule has 0 bridgehead atoms. The second kappa shape index (κ2) is 8.62. The van der Waals surface area contributed by atoms with E-state index in [1.807, 2.05) is 24.3 Å². The Morgan fingerprint density at radius 3 is 2.25 bits per heavy atom. The summed E-state index contributed by atoms with van der Waals surface area (Å²) in [5.41, 5.74) is 1.84. The first kappa shape index (κ1) is 18.2. The topological polar surface area (TPSA) is 74.7 Å². The van der Waals surface area contributed by atoms with Crippen LogP contribution in [0.1, 0.15) is 54.9 Å². The summed E-state index contributed by atoms with van der Waals surface area (Å²) in [7, 11) is 0. The van der Waals surface area contributed by atoms with Gasteiger partial charge in [-0.1, -0.05) is 31.2 Å². The molecule has 0 atom stereocenters. The number of amides is 1. The monoisotopic (exact) mass is 331 g/mol. The predicted octanol–water partition coefficient (Wildman–Crippen LogP) is 2.93. The van der Waals surface area contributed by atoms with Crippen LogP contribution in [0.3, 0.4) is 0 Å². The van der Waals surface area contributed by atoms with Crippen molar-refractivity contribution < 1.29 is 19.5 Å². The van der Waals surface area contributed by atoms with Crippen molar-refractivity contribution in [1.82, 2.24) is 4.90 Å². The summed E-state index contributed by atoms with van der Waals surface area (Å²) in [4.78, 5) is 36.9. The van der Waals surface area contributed by atoms with Gasteiger partial charge in [-0.2, -0.15) is 0 Å². The van der Waals surface area contributed by atoms with Gasteiger partial charge in [-0.05, 0) is 30.7 Å². The van der Waals surface area contributed by atoms with Crippen molar-refractivity contribution in [3.63, 3.8) is 0 Å². The molecule has 1 saturated heterocycles. The Morgan fingerprint density at radius 1 is 1.08 bits per heavy atom. The van der Waals surface area contributed by atoms with Gasteiger partial charge in [0.05, 0.1) is 0 Å². The molecule has 0 aromatic heterocycles. The molecule has 0 saturated carbocycles. The number of carboxylic acid groups (broad SMARTS) is 1. The Labute approximate surface area is 142 Å². The van der Waals surface area contributed by atoms with E-state index in [9.17, 15) is 14.4 Å². The zero-order chi connectivity index (χ0) is 17.5. The summed E-state index contributed by atoms with van der Waals surface area (Å²) in [6, 6.07) is 7.54. The van der Waals surface area contributed by atoms with Gasteiger partial charge in [-0.25, -0.2) is 0 Å². The highest BCUT2D eigenvalue weighted by Crippen LogP contribution is 2.21. The van der Waals surface area contributed by atoms with Crippen molar-refractivity contribution in [2.24, 2.45) is 5.92 Å². The zero-order valence-electron chi connectivity index (χ0n) is 14.2. The smallest absolute Gasteiger partial charge is 0.303 e. The average molecular weight is 331 g/mol. The first-order valence-electron chi connectivity index (χ1n) is 8.61. The Morgan fingerprint density at radius 2 is 1.71 bits per heavy atom. The van der Waals surface area contributed by atoms with Gasteiger partial charge in [0, 0.05) is 37.9 Å². The number of rotatable bonds is 7. The number of aryl methyl sites for hydroxylation is 1. The lowest BCUT2D eigenvalue weighted by molar-refractivity contribution is -0.138. The van der Waals surface area contributed by atoms with Gasteiger partial charge in [0.25, 0.3) is 0 Å². The molecule has 24 heavy (non-hydrogen) atoms. The van der Waals surface area contributed by atoms with Crippen LogP contribution in [0, 0.1) is 5.92 Å². The number of carbonyl (C=O) groups is 3. The number of aliphatic carboxylic acids is 1. The van der Waals surface area contributed by atoms with Crippen molar-refractivity contribution in [2.75, 3.05) is 13.1 Å². The number of benzene rings is 1. The second-order valence-corrected chi connectivity index (χ2v) is 6.40. The van der Waals surface area contributed by atoms with Gasteiger partial charge < -0.3 is 10.0 Å². The van der Waals surface area contributed by atoms with Gasteiger partial charge in [-0.3, -0.25) is 14.4 Å². The maximum atomic E-state index is 12.2. The van der Waals surface area contributed by atoms with Crippen molar-refractivity contribution in [1.29, 1.82) is 0 Å². The first-order chi connectivity index (χ1) is 11.5. The Balaban J connectivity index is 1.76. The number of hydrogen-bond acceptors (Lipinski definition) is 3. The molecule has 5 nitrogen and oxygen atoms in total. The molecule has 5 heteroatoms. The molecule has 1 aliphatic heterocycles. The van der Waals surface area contributed by atoms with Crippen LogP contribution >= 0.6 is 0 Å². The molecule has 1 N–H and O–H groups in total. The van der Waals surface area contributed by atoms with Gasteiger partial charge in [-0.15, -0.1) is 0 Å². The van der Waals surface area contributed by atoms with E-state index in [0.717, 1.165) is 19.3 Å². The predicted molar refractivity (Wildman–Crippen MR) is 90.9 cm³/mol. The van der Waals surface area contributed by atoms with Gasteiger partial charge >= 0.3 is 5.97 Å². The second-order valence-electron chi connectivity index (χ2n) is 6.40. The number of likely N-dealkylation sites (tertiary alicyclic amines) is 1. The quantitative estimate of drug-likeness (QED) is 0.780. The maximum Gasteiger partial charge on any atom is 0.303 e. The van der Waals surface area contributed by atoms with E-state index in [1.54, 1.807) is 4.90 Å². The van der Waals surface area contributed by atoms with E-state index in [2.05, 4.69) is 6.92 Å². The molecule has 1 aliphatic rings. The molecule has 1 fully saturated rings. The van der Waals surface area contributed by atoms with Crippen LogP contribution in [-0.2, 0) is 16.0 Å². The molecule has 1 heterocycles. The minimum Gasteiger partial charge on any atom is -0.481 e. The maximum absolute atomic E-state index is 12.2. The molecule has 2 rings (SSSR count). The van der Waals surface area contributed by atoms with E-state index >= 15 is 0 Å².